The van der Waals surface area contributed by atoms with Crippen LogP contribution in [0, 0.1) is 0 Å². The lowest BCUT2D eigenvalue weighted by Gasteiger charge is -2.34. The summed E-state index contributed by atoms with van der Waals surface area (Å²) in [5.74, 6) is 0.109. The standard InChI is InChI=1S/C25H33N3O/c29-25(24(22-10-4-1-5-11-22)28-18-8-3-9-19-28)26-20-21-12-14-23(15-13-21)27-16-6-2-7-17-27/h1,4-5,10-15,24H,2-3,6-9,16-20H2,(H,26,29). The molecule has 2 heterocycles. The Morgan fingerprint density at radius 3 is 2.07 bits per heavy atom. The smallest absolute Gasteiger partial charge is 0.242 e. The number of hydrogen-bond donors (Lipinski definition) is 1. The number of nitrogens with zero attached hydrogens (tertiary/aromatic N) is 2. The quantitative estimate of drug-likeness (QED) is 0.786. The molecule has 0 saturated carbocycles. The first kappa shape index (κ1) is 20.0. The third-order valence-electron chi connectivity index (χ3n) is 6.24. The van der Waals surface area contributed by atoms with Crippen LogP contribution in [0.3, 0.4) is 0 Å². The number of carbonyl (C=O) groups is 1. The van der Waals surface area contributed by atoms with E-state index >= 15 is 0 Å². The summed E-state index contributed by atoms with van der Waals surface area (Å²) in [6, 6.07) is 18.7. The van der Waals surface area contributed by atoms with Gasteiger partial charge in [0.1, 0.15) is 6.04 Å². The van der Waals surface area contributed by atoms with Crippen LogP contribution in [0.15, 0.2) is 54.6 Å². The maximum atomic E-state index is 13.2. The number of carbonyl (C=O) groups excluding carboxylic acids is 1. The van der Waals surface area contributed by atoms with Gasteiger partial charge in [0.25, 0.3) is 0 Å². The van der Waals surface area contributed by atoms with Crippen molar-refractivity contribution in [3.05, 3.63) is 65.7 Å². The van der Waals surface area contributed by atoms with Crippen molar-refractivity contribution in [2.24, 2.45) is 0 Å². The zero-order valence-electron chi connectivity index (χ0n) is 17.4. The summed E-state index contributed by atoms with van der Waals surface area (Å²) in [6.45, 7) is 4.89. The molecule has 0 radical (unpaired) electrons. The second kappa shape index (κ2) is 9.93. The molecule has 1 N–H and O–H groups in total. The van der Waals surface area contributed by atoms with E-state index in [1.165, 1.54) is 44.2 Å². The van der Waals surface area contributed by atoms with Crippen LogP contribution < -0.4 is 10.2 Å². The van der Waals surface area contributed by atoms with Crippen LogP contribution in [0.1, 0.15) is 55.7 Å². The number of amides is 1. The van der Waals surface area contributed by atoms with Crippen LogP contribution in [0.4, 0.5) is 5.69 Å². The monoisotopic (exact) mass is 391 g/mol. The molecule has 2 fully saturated rings. The predicted molar refractivity (Wildman–Crippen MR) is 119 cm³/mol. The lowest BCUT2D eigenvalue weighted by molar-refractivity contribution is -0.127. The van der Waals surface area contributed by atoms with Crippen molar-refractivity contribution in [2.45, 2.75) is 51.1 Å². The minimum absolute atomic E-state index is 0.109. The Kier molecular flexibility index (Phi) is 6.83. The minimum Gasteiger partial charge on any atom is -0.372 e. The third kappa shape index (κ3) is 5.18. The van der Waals surface area contributed by atoms with Gasteiger partial charge in [-0.3, -0.25) is 9.69 Å². The first-order chi connectivity index (χ1) is 14.3. The van der Waals surface area contributed by atoms with Gasteiger partial charge in [-0.25, -0.2) is 0 Å². The van der Waals surface area contributed by atoms with Gasteiger partial charge >= 0.3 is 0 Å². The Labute approximate surface area is 174 Å². The highest BCUT2D eigenvalue weighted by atomic mass is 16.2. The van der Waals surface area contributed by atoms with E-state index in [9.17, 15) is 4.79 Å². The lowest BCUT2D eigenvalue weighted by atomic mass is 10.0. The van der Waals surface area contributed by atoms with E-state index < -0.39 is 0 Å². The predicted octanol–water partition coefficient (Wildman–Crippen LogP) is 4.52. The van der Waals surface area contributed by atoms with E-state index in [4.69, 9.17) is 0 Å². The van der Waals surface area contributed by atoms with Crippen molar-refractivity contribution >= 4 is 11.6 Å². The van der Waals surface area contributed by atoms with Gasteiger partial charge < -0.3 is 10.2 Å². The SMILES string of the molecule is O=C(NCc1ccc(N2CCCCC2)cc1)C(c1ccccc1)N1CCCCC1. The number of likely N-dealkylation sites (tertiary alicyclic amines) is 1. The molecule has 4 rings (SSSR count). The first-order valence-electron chi connectivity index (χ1n) is 11.2. The zero-order valence-corrected chi connectivity index (χ0v) is 17.4. The Hall–Kier alpha value is -2.33. The molecule has 1 atom stereocenters. The fraction of sp³-hybridized carbons (Fsp3) is 0.480. The van der Waals surface area contributed by atoms with Crippen molar-refractivity contribution in [2.75, 3.05) is 31.1 Å². The van der Waals surface area contributed by atoms with Gasteiger partial charge in [-0.1, -0.05) is 48.9 Å². The normalized spacial score (nSPS) is 19.0. The molecule has 0 spiro atoms. The van der Waals surface area contributed by atoms with E-state index in [1.807, 2.05) is 18.2 Å². The average Bonchev–Trinajstić information content (AvgIpc) is 2.80. The highest BCUT2D eigenvalue weighted by Crippen LogP contribution is 2.25. The summed E-state index contributed by atoms with van der Waals surface area (Å²) in [5, 5.41) is 3.20. The topological polar surface area (TPSA) is 35.6 Å². The highest BCUT2D eigenvalue weighted by Gasteiger charge is 2.28. The molecule has 0 aliphatic carbocycles. The molecule has 2 saturated heterocycles. The molecular formula is C25H33N3O. The number of hydrogen-bond acceptors (Lipinski definition) is 3. The van der Waals surface area contributed by atoms with Gasteiger partial charge in [-0.2, -0.15) is 0 Å². The maximum Gasteiger partial charge on any atom is 0.242 e. The lowest BCUT2D eigenvalue weighted by Crippen LogP contribution is -2.42. The summed E-state index contributed by atoms with van der Waals surface area (Å²) >= 11 is 0. The summed E-state index contributed by atoms with van der Waals surface area (Å²) < 4.78 is 0. The van der Waals surface area contributed by atoms with Crippen molar-refractivity contribution < 1.29 is 4.79 Å². The number of benzene rings is 2. The molecule has 2 aliphatic rings. The fourth-order valence-electron chi connectivity index (χ4n) is 4.60. The van der Waals surface area contributed by atoms with Crippen LogP contribution in [0.25, 0.3) is 0 Å². The minimum atomic E-state index is -0.191. The van der Waals surface area contributed by atoms with Crippen LogP contribution in [-0.2, 0) is 11.3 Å². The highest BCUT2D eigenvalue weighted by molar-refractivity contribution is 5.83. The van der Waals surface area contributed by atoms with Gasteiger partial charge in [0.05, 0.1) is 0 Å². The molecule has 0 aromatic heterocycles. The molecule has 29 heavy (non-hydrogen) atoms. The maximum absolute atomic E-state index is 13.2. The molecule has 2 aliphatic heterocycles. The summed E-state index contributed by atoms with van der Waals surface area (Å²) in [6.07, 6.45) is 7.54. The number of rotatable bonds is 6. The summed E-state index contributed by atoms with van der Waals surface area (Å²) in [4.78, 5) is 18.0. The van der Waals surface area contributed by atoms with Crippen LogP contribution in [-0.4, -0.2) is 37.0 Å². The average molecular weight is 392 g/mol. The molecule has 1 amide bonds. The second-order valence-corrected chi connectivity index (χ2v) is 8.34. The van der Waals surface area contributed by atoms with Gasteiger partial charge in [0, 0.05) is 25.3 Å². The first-order valence-corrected chi connectivity index (χ1v) is 11.2. The van der Waals surface area contributed by atoms with Gasteiger partial charge in [-0.05, 0) is 68.5 Å². The largest absolute Gasteiger partial charge is 0.372 e. The molecular weight excluding hydrogens is 358 g/mol. The Bertz CT molecular complexity index is 762. The molecule has 2 aromatic rings. The van der Waals surface area contributed by atoms with Crippen LogP contribution in [0.2, 0.25) is 0 Å². The molecule has 4 nitrogen and oxygen atoms in total. The van der Waals surface area contributed by atoms with Gasteiger partial charge in [0.2, 0.25) is 5.91 Å². The van der Waals surface area contributed by atoms with Crippen LogP contribution >= 0.6 is 0 Å². The zero-order chi connectivity index (χ0) is 19.9. The molecule has 2 aromatic carbocycles. The number of nitrogens with one attached hydrogen (secondary N) is 1. The molecule has 0 bridgehead atoms. The van der Waals surface area contributed by atoms with E-state index in [1.54, 1.807) is 0 Å². The Morgan fingerprint density at radius 2 is 1.41 bits per heavy atom. The Balaban J connectivity index is 1.39. The van der Waals surface area contributed by atoms with Crippen molar-refractivity contribution in [1.29, 1.82) is 0 Å². The number of anilines is 1. The molecule has 4 heteroatoms. The second-order valence-electron chi connectivity index (χ2n) is 8.34. The van der Waals surface area contributed by atoms with Gasteiger partial charge in [0.15, 0.2) is 0 Å². The summed E-state index contributed by atoms with van der Waals surface area (Å²) in [5.41, 5.74) is 3.55. The van der Waals surface area contributed by atoms with E-state index in [0.29, 0.717) is 6.54 Å². The number of piperidine rings is 2. The Morgan fingerprint density at radius 1 is 0.793 bits per heavy atom. The van der Waals surface area contributed by atoms with E-state index in [0.717, 1.165) is 37.3 Å². The van der Waals surface area contributed by atoms with Crippen molar-refractivity contribution in [1.82, 2.24) is 10.2 Å². The van der Waals surface area contributed by atoms with Crippen LogP contribution in [0.5, 0.6) is 0 Å². The van der Waals surface area contributed by atoms with Gasteiger partial charge in [-0.15, -0.1) is 0 Å². The van der Waals surface area contributed by atoms with Crippen molar-refractivity contribution in [3.8, 4) is 0 Å². The fourth-order valence-corrected chi connectivity index (χ4v) is 4.60. The molecule has 154 valence electrons. The third-order valence-corrected chi connectivity index (χ3v) is 6.24. The molecule has 1 unspecified atom stereocenters. The van der Waals surface area contributed by atoms with E-state index in [2.05, 4.69) is 51.5 Å². The van der Waals surface area contributed by atoms with E-state index in [-0.39, 0.29) is 11.9 Å². The van der Waals surface area contributed by atoms with Crippen molar-refractivity contribution in [3.63, 3.8) is 0 Å². The summed E-state index contributed by atoms with van der Waals surface area (Å²) in [7, 11) is 0.